The zero-order valence-corrected chi connectivity index (χ0v) is 19.5. The van der Waals surface area contributed by atoms with Crippen molar-refractivity contribution in [1.82, 2.24) is 9.97 Å². The Bertz CT molecular complexity index is 1540. The molecule has 5 rings (SSSR count). The molecule has 8 nitrogen and oxygen atoms in total. The second-order valence-electron chi connectivity index (χ2n) is 7.52. The second kappa shape index (κ2) is 8.74. The minimum absolute atomic E-state index is 0.0567. The number of allylic oxidation sites excluding steroid dienone is 1. The van der Waals surface area contributed by atoms with Crippen LogP contribution >= 0.6 is 22.9 Å². The van der Waals surface area contributed by atoms with E-state index in [2.05, 4.69) is 21.4 Å². The number of hydrogen-bond acceptors (Lipinski definition) is 8. The van der Waals surface area contributed by atoms with Gasteiger partial charge in [0.2, 0.25) is 5.88 Å². The predicted molar refractivity (Wildman–Crippen MR) is 131 cm³/mol. The third-order valence-electron chi connectivity index (χ3n) is 5.48. The Morgan fingerprint density at radius 2 is 2.06 bits per heavy atom. The number of fused-ring (bicyclic) bond motifs is 3. The van der Waals surface area contributed by atoms with E-state index in [1.807, 2.05) is 30.3 Å². The smallest absolute Gasteiger partial charge is 0.257 e. The Morgan fingerprint density at radius 3 is 2.79 bits per heavy atom. The molecule has 0 aliphatic carbocycles. The van der Waals surface area contributed by atoms with Gasteiger partial charge in [0.05, 0.1) is 11.5 Å². The third-order valence-corrected chi connectivity index (χ3v) is 6.80. The van der Waals surface area contributed by atoms with E-state index in [1.165, 1.54) is 11.3 Å². The lowest BCUT2D eigenvalue weighted by atomic mass is 9.83. The lowest BCUT2D eigenvalue weighted by Gasteiger charge is -2.27. The van der Waals surface area contributed by atoms with Crippen molar-refractivity contribution < 1.29 is 9.47 Å². The number of H-pyrrole nitrogens is 1. The Balaban J connectivity index is 1.65. The van der Waals surface area contributed by atoms with Crippen LogP contribution in [0.5, 0.6) is 11.5 Å². The Kier molecular flexibility index (Phi) is 5.61. The van der Waals surface area contributed by atoms with Crippen LogP contribution in [0.1, 0.15) is 22.6 Å². The predicted octanol–water partition coefficient (Wildman–Crippen LogP) is 4.48. The van der Waals surface area contributed by atoms with Crippen LogP contribution < -0.4 is 26.1 Å². The zero-order valence-electron chi connectivity index (χ0n) is 17.9. The molecule has 0 saturated carbocycles. The summed E-state index contributed by atoms with van der Waals surface area (Å²) in [5.74, 6) is -0.00964. The number of anilines is 1. The number of rotatable bonds is 5. The summed E-state index contributed by atoms with van der Waals surface area (Å²) in [6.45, 7) is 0.279. The number of nitrogens with two attached hydrogens (primary N) is 1. The van der Waals surface area contributed by atoms with Crippen LogP contribution in [-0.2, 0) is 6.61 Å². The number of nitriles is 1. The van der Waals surface area contributed by atoms with Crippen molar-refractivity contribution in [3.63, 3.8) is 0 Å². The first-order valence-electron chi connectivity index (χ1n) is 10.3. The van der Waals surface area contributed by atoms with E-state index in [0.717, 1.165) is 5.56 Å². The van der Waals surface area contributed by atoms with E-state index >= 15 is 0 Å². The first-order valence-corrected chi connectivity index (χ1v) is 11.5. The van der Waals surface area contributed by atoms with Gasteiger partial charge in [-0.3, -0.25) is 4.79 Å². The van der Waals surface area contributed by atoms with Gasteiger partial charge >= 0.3 is 0 Å². The van der Waals surface area contributed by atoms with Gasteiger partial charge in [0.1, 0.15) is 28.7 Å². The van der Waals surface area contributed by atoms with E-state index in [0.29, 0.717) is 37.6 Å². The van der Waals surface area contributed by atoms with Crippen molar-refractivity contribution in [3.05, 3.63) is 92.1 Å². The first kappa shape index (κ1) is 21.8. The fraction of sp³-hybridized carbons (Fsp3) is 0.125. The van der Waals surface area contributed by atoms with E-state index in [-0.39, 0.29) is 23.6 Å². The quantitative estimate of drug-likeness (QED) is 0.375. The Morgan fingerprint density at radius 1 is 1.29 bits per heavy atom. The fourth-order valence-corrected chi connectivity index (χ4v) is 4.90. The number of halogens is 1. The molecule has 0 saturated heterocycles. The van der Waals surface area contributed by atoms with Crippen LogP contribution in [-0.4, -0.2) is 17.0 Å². The maximum Gasteiger partial charge on any atom is 0.257 e. The van der Waals surface area contributed by atoms with Gasteiger partial charge in [0, 0.05) is 17.6 Å². The van der Waals surface area contributed by atoms with Gasteiger partial charge < -0.3 is 25.5 Å². The fourth-order valence-electron chi connectivity index (χ4n) is 3.90. The highest BCUT2D eigenvalue weighted by molar-refractivity contribution is 7.22. The molecule has 1 aliphatic rings. The molecule has 0 amide bonds. The van der Waals surface area contributed by atoms with Gasteiger partial charge in [-0.05, 0) is 23.8 Å². The van der Waals surface area contributed by atoms with Crippen LogP contribution in [0.2, 0.25) is 5.02 Å². The van der Waals surface area contributed by atoms with E-state index in [9.17, 15) is 10.1 Å². The average molecular weight is 492 g/mol. The van der Waals surface area contributed by atoms with Crippen molar-refractivity contribution >= 4 is 38.4 Å². The van der Waals surface area contributed by atoms with Crippen molar-refractivity contribution in [1.29, 1.82) is 5.26 Å². The van der Waals surface area contributed by atoms with Crippen LogP contribution in [0.4, 0.5) is 5.13 Å². The number of thiazole rings is 1. The zero-order chi connectivity index (χ0) is 23.8. The summed E-state index contributed by atoms with van der Waals surface area (Å²) in [5, 5.41) is 14.2. The van der Waals surface area contributed by atoms with Gasteiger partial charge in [0.25, 0.3) is 5.56 Å². The number of aromatic amines is 1. The van der Waals surface area contributed by atoms with Gasteiger partial charge in [-0.1, -0.05) is 53.3 Å². The lowest BCUT2D eigenvalue weighted by Crippen LogP contribution is -2.28. The van der Waals surface area contributed by atoms with Crippen LogP contribution in [0.15, 0.2) is 64.8 Å². The normalized spacial score (nSPS) is 14.9. The topological polar surface area (TPSA) is 126 Å². The summed E-state index contributed by atoms with van der Waals surface area (Å²) >= 11 is 7.30. The molecule has 0 radical (unpaired) electrons. The van der Waals surface area contributed by atoms with E-state index in [4.69, 9.17) is 26.8 Å². The van der Waals surface area contributed by atoms with E-state index in [1.54, 1.807) is 25.2 Å². The Labute approximate surface area is 203 Å². The second-order valence-corrected chi connectivity index (χ2v) is 8.96. The van der Waals surface area contributed by atoms with Crippen LogP contribution in [0.25, 0.3) is 10.3 Å². The summed E-state index contributed by atoms with van der Waals surface area (Å²) in [7, 11) is 1.74. The molecule has 3 heterocycles. The molecular weight excluding hydrogens is 474 g/mol. The summed E-state index contributed by atoms with van der Waals surface area (Å²) in [6, 6.07) is 16.7. The lowest BCUT2D eigenvalue weighted by molar-refractivity contribution is 0.301. The largest absolute Gasteiger partial charge is 0.489 e. The molecule has 1 aliphatic heterocycles. The highest BCUT2D eigenvalue weighted by Gasteiger charge is 2.37. The molecule has 1 unspecified atom stereocenters. The van der Waals surface area contributed by atoms with Crippen molar-refractivity contribution in [2.45, 2.75) is 12.5 Å². The van der Waals surface area contributed by atoms with Gasteiger partial charge in [0.15, 0.2) is 16.5 Å². The molecule has 4 aromatic rings. The van der Waals surface area contributed by atoms with Crippen molar-refractivity contribution in [3.8, 4) is 17.6 Å². The molecule has 1 atom stereocenters. The number of pyridine rings is 1. The number of ether oxygens (including phenoxy) is 2. The van der Waals surface area contributed by atoms with Gasteiger partial charge in [-0.2, -0.15) is 5.26 Å². The summed E-state index contributed by atoms with van der Waals surface area (Å²) in [4.78, 5) is 20.4. The molecule has 0 bridgehead atoms. The molecule has 34 heavy (non-hydrogen) atoms. The van der Waals surface area contributed by atoms with Crippen molar-refractivity contribution in [2.24, 2.45) is 5.73 Å². The number of aromatic nitrogens is 2. The maximum absolute atomic E-state index is 13.2. The molecule has 0 spiro atoms. The first-order chi connectivity index (χ1) is 16.5. The number of benzene rings is 2. The summed E-state index contributed by atoms with van der Waals surface area (Å²) in [5.41, 5.74) is 8.13. The van der Waals surface area contributed by atoms with Gasteiger partial charge in [-0.15, -0.1) is 0 Å². The Hall–Kier alpha value is -4.00. The highest BCUT2D eigenvalue weighted by atomic mass is 35.5. The summed E-state index contributed by atoms with van der Waals surface area (Å²) < 4.78 is 12.6. The molecule has 2 aromatic carbocycles. The van der Waals surface area contributed by atoms with Crippen molar-refractivity contribution in [2.75, 3.05) is 12.4 Å². The minimum atomic E-state index is -0.775. The molecule has 170 valence electrons. The molecule has 10 heteroatoms. The van der Waals surface area contributed by atoms with Crippen LogP contribution in [0.3, 0.4) is 0 Å². The molecule has 2 aromatic heterocycles. The van der Waals surface area contributed by atoms with Crippen LogP contribution in [0, 0.1) is 11.3 Å². The summed E-state index contributed by atoms with van der Waals surface area (Å²) in [6.07, 6.45) is 0. The monoisotopic (exact) mass is 491 g/mol. The number of nitrogens with one attached hydrogen (secondary N) is 2. The molecular formula is C24H18ClN5O3S. The standard InChI is InChI=1S/C24H18ClN5O3S/c1-28-24-30-22-20(34-24)19-18(23(31)29-22)17(15(10-26)21(27)33-19)14-4-2-3-5-16(14)32-11-12-6-8-13(25)9-7-12/h2-9,17H,11,27H2,1H3,(H2,28,29,30,31). The number of hydrogen-bond donors (Lipinski definition) is 3. The molecule has 4 N–H and O–H groups in total. The third kappa shape index (κ3) is 3.73. The molecule has 0 fully saturated rings. The number of nitrogens with zero attached hydrogens (tertiary/aromatic N) is 2. The number of para-hydroxylation sites is 1. The average Bonchev–Trinajstić information content (AvgIpc) is 3.26. The highest BCUT2D eigenvalue weighted by Crippen LogP contribution is 2.47. The van der Waals surface area contributed by atoms with E-state index < -0.39 is 11.5 Å². The van der Waals surface area contributed by atoms with Gasteiger partial charge in [-0.25, -0.2) is 4.98 Å². The minimum Gasteiger partial charge on any atom is -0.489 e. The maximum atomic E-state index is 13.2. The SMILES string of the molecule is CNc1nc2[nH]c(=O)c3c(c2s1)OC(N)=C(C#N)C3c1ccccc1OCc1ccc(Cl)cc1.